The van der Waals surface area contributed by atoms with Crippen LogP contribution in [0.2, 0.25) is 0 Å². The predicted molar refractivity (Wildman–Crippen MR) is 129 cm³/mol. The highest BCUT2D eigenvalue weighted by Gasteiger charge is 2.45. The maximum atomic E-state index is 14.3. The van der Waals surface area contributed by atoms with Crippen LogP contribution in [0.15, 0.2) is 17.0 Å². The molecule has 0 spiro atoms. The van der Waals surface area contributed by atoms with E-state index in [4.69, 9.17) is 4.74 Å². The van der Waals surface area contributed by atoms with Crippen LogP contribution in [0.3, 0.4) is 0 Å². The minimum Gasteiger partial charge on any atom is -0.379 e. The largest absolute Gasteiger partial charge is 0.379 e. The summed E-state index contributed by atoms with van der Waals surface area (Å²) in [5.41, 5.74) is 0.150. The zero-order valence-electron chi connectivity index (χ0n) is 19.9. The van der Waals surface area contributed by atoms with Gasteiger partial charge >= 0.3 is 0 Å². The van der Waals surface area contributed by atoms with Crippen LogP contribution < -0.4 is 5.32 Å². The molecule has 1 aromatic rings. The molecule has 3 aliphatic heterocycles. The summed E-state index contributed by atoms with van der Waals surface area (Å²) < 4.78 is 19.6. The highest BCUT2D eigenvalue weighted by Crippen LogP contribution is 2.35. The van der Waals surface area contributed by atoms with Gasteiger partial charge in [-0.15, -0.1) is 11.8 Å². The first-order valence-corrected chi connectivity index (χ1v) is 13.4. The van der Waals surface area contributed by atoms with Gasteiger partial charge in [-0.2, -0.15) is 0 Å². The van der Waals surface area contributed by atoms with Crippen molar-refractivity contribution in [3.8, 4) is 0 Å². The third kappa shape index (κ3) is 6.29. The van der Waals surface area contributed by atoms with E-state index < -0.39 is 35.5 Å². The Bertz CT molecular complexity index is 982. The number of hydrogen-bond acceptors (Lipinski definition) is 7. The van der Waals surface area contributed by atoms with Crippen molar-refractivity contribution in [2.75, 3.05) is 38.6 Å². The smallest absolute Gasteiger partial charge is 0.263 e. The normalized spacial score (nSPS) is 20.9. The molecule has 0 aromatic heterocycles. The molecule has 1 atom stereocenters. The number of carbonyl (C=O) groups excluding carboxylic acids is 4. The fourth-order valence-electron chi connectivity index (χ4n) is 4.79. The first-order chi connectivity index (χ1) is 17.0. The van der Waals surface area contributed by atoms with E-state index in [1.807, 2.05) is 0 Å². The maximum Gasteiger partial charge on any atom is 0.263 e. The Labute approximate surface area is 208 Å². The van der Waals surface area contributed by atoms with Crippen LogP contribution >= 0.6 is 11.8 Å². The molecule has 3 aliphatic rings. The van der Waals surface area contributed by atoms with E-state index in [2.05, 4.69) is 10.2 Å². The van der Waals surface area contributed by atoms with Crippen LogP contribution in [-0.4, -0.2) is 78.1 Å². The average molecular weight is 506 g/mol. The number of carbonyl (C=O) groups is 4. The van der Waals surface area contributed by atoms with Crippen LogP contribution in [0.5, 0.6) is 0 Å². The number of halogens is 1. The third-order valence-corrected chi connectivity index (χ3v) is 7.83. The van der Waals surface area contributed by atoms with Gasteiger partial charge in [0.05, 0.1) is 24.3 Å². The van der Waals surface area contributed by atoms with Gasteiger partial charge in [0.1, 0.15) is 11.9 Å². The minimum atomic E-state index is -1.05. The average Bonchev–Trinajstić information content (AvgIpc) is 3.08. The second-order valence-electron chi connectivity index (χ2n) is 9.20. The van der Waals surface area contributed by atoms with E-state index in [1.54, 1.807) is 0 Å². The first kappa shape index (κ1) is 25.8. The van der Waals surface area contributed by atoms with Crippen molar-refractivity contribution in [2.45, 2.75) is 62.3 Å². The van der Waals surface area contributed by atoms with Crippen molar-refractivity contribution in [3.63, 3.8) is 0 Å². The van der Waals surface area contributed by atoms with Crippen molar-refractivity contribution in [3.05, 3.63) is 29.1 Å². The van der Waals surface area contributed by atoms with E-state index in [0.717, 1.165) is 63.1 Å². The number of rotatable bonds is 11. The van der Waals surface area contributed by atoms with Crippen molar-refractivity contribution in [1.82, 2.24) is 15.1 Å². The molecule has 2 fully saturated rings. The number of benzene rings is 1. The molecule has 4 amide bonds. The molecular formula is C25H32FN3O5S. The lowest BCUT2D eigenvalue weighted by atomic mass is 10.0. The number of fused-ring (bicyclic) bond motifs is 1. The highest BCUT2D eigenvalue weighted by atomic mass is 32.2. The molecule has 4 rings (SSSR count). The van der Waals surface area contributed by atoms with Gasteiger partial charge in [0.25, 0.3) is 11.8 Å². The van der Waals surface area contributed by atoms with Gasteiger partial charge in [0.2, 0.25) is 11.8 Å². The Kier molecular flexibility index (Phi) is 8.91. The number of piperidine rings is 1. The van der Waals surface area contributed by atoms with Gasteiger partial charge in [-0.25, -0.2) is 4.39 Å². The number of morpholine rings is 1. The van der Waals surface area contributed by atoms with Crippen molar-refractivity contribution in [1.29, 1.82) is 0 Å². The Balaban J connectivity index is 1.24. The second kappa shape index (κ2) is 12.1. The molecule has 0 saturated carbocycles. The highest BCUT2D eigenvalue weighted by molar-refractivity contribution is 7.99. The summed E-state index contributed by atoms with van der Waals surface area (Å²) in [6, 6.07) is 1.29. The van der Waals surface area contributed by atoms with Gasteiger partial charge in [0.15, 0.2) is 0 Å². The number of hydrogen-bond donors (Lipinski definition) is 1. The van der Waals surface area contributed by atoms with Crippen molar-refractivity contribution in [2.24, 2.45) is 0 Å². The summed E-state index contributed by atoms with van der Waals surface area (Å²) >= 11 is 1.37. The van der Waals surface area contributed by atoms with Crippen LogP contribution in [-0.2, 0) is 14.3 Å². The third-order valence-electron chi connectivity index (χ3n) is 6.70. The predicted octanol–water partition coefficient (Wildman–Crippen LogP) is 2.99. The van der Waals surface area contributed by atoms with E-state index in [9.17, 15) is 23.6 Å². The van der Waals surface area contributed by atoms with Gasteiger partial charge < -0.3 is 4.74 Å². The number of ether oxygens (including phenoxy) is 1. The monoisotopic (exact) mass is 505 g/mol. The van der Waals surface area contributed by atoms with E-state index in [1.165, 1.54) is 37.1 Å². The van der Waals surface area contributed by atoms with E-state index in [-0.39, 0.29) is 24.0 Å². The molecule has 10 heteroatoms. The quantitative estimate of drug-likeness (QED) is 0.281. The van der Waals surface area contributed by atoms with Crippen LogP contribution in [0, 0.1) is 5.82 Å². The lowest BCUT2D eigenvalue weighted by molar-refractivity contribution is -0.136. The molecule has 3 heterocycles. The Hall–Kier alpha value is -2.30. The fourth-order valence-corrected chi connectivity index (χ4v) is 5.90. The molecule has 8 nitrogen and oxygen atoms in total. The lowest BCUT2D eigenvalue weighted by Gasteiger charge is -2.27. The molecule has 0 bridgehead atoms. The molecule has 2 saturated heterocycles. The molecule has 0 aliphatic carbocycles. The fraction of sp³-hybridized carbons (Fsp3) is 0.600. The minimum absolute atomic E-state index is 0.0116. The number of nitrogens with one attached hydrogen (secondary N) is 1. The van der Waals surface area contributed by atoms with Crippen LogP contribution in [0.4, 0.5) is 4.39 Å². The number of unbranched alkanes of at least 4 members (excludes halogenated alkanes) is 5. The maximum absolute atomic E-state index is 14.3. The summed E-state index contributed by atoms with van der Waals surface area (Å²) in [7, 11) is 0. The Morgan fingerprint density at radius 1 is 0.971 bits per heavy atom. The van der Waals surface area contributed by atoms with Gasteiger partial charge in [-0.05, 0) is 43.7 Å². The number of amides is 4. The molecule has 1 N–H and O–H groups in total. The van der Waals surface area contributed by atoms with Gasteiger partial charge in [0, 0.05) is 24.4 Å². The van der Waals surface area contributed by atoms with Crippen molar-refractivity contribution >= 4 is 35.4 Å². The molecular weight excluding hydrogens is 473 g/mol. The topological polar surface area (TPSA) is 96.0 Å². The van der Waals surface area contributed by atoms with Crippen LogP contribution in [0.1, 0.15) is 72.1 Å². The summed E-state index contributed by atoms with van der Waals surface area (Å²) in [6.45, 7) is 4.86. The first-order valence-electron chi connectivity index (χ1n) is 12.4. The molecule has 1 unspecified atom stereocenters. The summed E-state index contributed by atoms with van der Waals surface area (Å²) in [4.78, 5) is 53.5. The molecule has 1 aromatic carbocycles. The van der Waals surface area contributed by atoms with Crippen molar-refractivity contribution < 1.29 is 28.3 Å². The van der Waals surface area contributed by atoms with E-state index in [0.29, 0.717) is 10.6 Å². The lowest BCUT2D eigenvalue weighted by Crippen LogP contribution is -2.54. The number of thioether (sulfide) groups is 1. The summed E-state index contributed by atoms with van der Waals surface area (Å²) in [5.74, 6) is -2.25. The molecule has 0 radical (unpaired) electrons. The van der Waals surface area contributed by atoms with E-state index >= 15 is 0 Å². The van der Waals surface area contributed by atoms with Gasteiger partial charge in [-0.3, -0.25) is 34.3 Å². The SMILES string of the molecule is O=C1CCC(N2C(=O)c3cc(F)cc(SCCCCCCCCN4CCOCC4)c3C2=O)C(=O)N1. The molecule has 190 valence electrons. The zero-order valence-corrected chi connectivity index (χ0v) is 20.7. The summed E-state index contributed by atoms with van der Waals surface area (Å²) in [5, 5.41) is 2.17. The summed E-state index contributed by atoms with van der Waals surface area (Å²) in [6.07, 6.45) is 6.82. The zero-order chi connectivity index (χ0) is 24.8. The molecule has 35 heavy (non-hydrogen) atoms. The van der Waals surface area contributed by atoms with Crippen LogP contribution in [0.25, 0.3) is 0 Å². The number of imide groups is 2. The standard InChI is InChI=1S/C25H32FN3O5S/c26-17-15-18-22(25(33)29(24(18)32)19-7-8-21(30)27-23(19)31)20(16-17)35-14-6-4-2-1-3-5-9-28-10-12-34-13-11-28/h15-16,19H,1-14H2,(H,27,30,31). The Morgan fingerprint density at radius 2 is 1.69 bits per heavy atom. The second-order valence-corrected chi connectivity index (χ2v) is 10.3. The Morgan fingerprint density at radius 3 is 2.43 bits per heavy atom. The number of nitrogens with zero attached hydrogens (tertiary/aromatic N) is 2. The van der Waals surface area contributed by atoms with Gasteiger partial charge in [-0.1, -0.05) is 25.7 Å².